The first kappa shape index (κ1) is 17.4. The van der Waals surface area contributed by atoms with Gasteiger partial charge in [-0.25, -0.2) is 0 Å². The molecule has 0 aromatic carbocycles. The Balaban J connectivity index is 4.43. The maximum atomic E-state index is 6.71. The Hall–Kier alpha value is 0.394. The van der Waals surface area contributed by atoms with E-state index < -0.39 is 18.1 Å². The molecule has 0 heterocycles. The Morgan fingerprint density at radius 2 is 1.12 bits per heavy atom. The molecule has 0 aliphatic heterocycles. The summed E-state index contributed by atoms with van der Waals surface area (Å²) in [6, 6.07) is 2.78. The van der Waals surface area contributed by atoms with Crippen molar-refractivity contribution in [1.82, 2.24) is 0 Å². The summed E-state index contributed by atoms with van der Waals surface area (Å²) in [5.74, 6) is 0. The van der Waals surface area contributed by atoms with Crippen LogP contribution in [0, 0.1) is 0 Å². The van der Waals surface area contributed by atoms with Crippen molar-refractivity contribution in [2.24, 2.45) is 0 Å². The molecule has 1 nitrogen and oxygen atoms in total. The van der Waals surface area contributed by atoms with Crippen molar-refractivity contribution in [2.45, 2.75) is 90.4 Å². The predicted molar refractivity (Wildman–Crippen MR) is 85.0 cm³/mol. The third-order valence-electron chi connectivity index (χ3n) is 4.05. The zero-order chi connectivity index (χ0) is 13.3. The molecule has 0 fully saturated rings. The van der Waals surface area contributed by atoms with Crippen molar-refractivity contribution in [1.29, 1.82) is 0 Å². The summed E-state index contributed by atoms with van der Waals surface area (Å²) in [6.07, 6.45) is 5.25. The molecule has 0 aromatic heterocycles. The summed E-state index contributed by atoms with van der Waals surface area (Å²) in [4.78, 5) is 0. The normalized spacial score (nSPS) is 18.7. The highest BCUT2D eigenvalue weighted by Gasteiger charge is 2.25. The van der Waals surface area contributed by atoms with Gasteiger partial charge in [0.15, 0.2) is 18.1 Å². The lowest BCUT2D eigenvalue weighted by Gasteiger charge is -2.30. The lowest BCUT2D eigenvalue weighted by Crippen LogP contribution is -2.34. The molecule has 0 aliphatic carbocycles. The minimum Gasteiger partial charge on any atom is -0.459 e. The minimum absolute atomic E-state index is 0.867. The molecular weight excluding hydrogens is 240 g/mol. The molecule has 0 saturated carbocycles. The molecule has 0 saturated heterocycles. The highest BCUT2D eigenvalue weighted by atomic mass is 28.4. The van der Waals surface area contributed by atoms with E-state index in [0.29, 0.717) is 0 Å². The molecule has 0 radical (unpaired) electrons. The van der Waals surface area contributed by atoms with E-state index in [-0.39, 0.29) is 0 Å². The van der Waals surface area contributed by atoms with E-state index in [1.165, 1.54) is 37.8 Å². The van der Waals surface area contributed by atoms with E-state index in [9.17, 15) is 0 Å². The fourth-order valence-electron chi connectivity index (χ4n) is 2.29. The van der Waals surface area contributed by atoms with Crippen LogP contribution in [-0.2, 0) is 4.12 Å². The average Bonchev–Trinajstić information content (AvgIpc) is 2.35. The molecule has 0 amide bonds. The van der Waals surface area contributed by atoms with Gasteiger partial charge >= 0.3 is 0 Å². The van der Waals surface area contributed by atoms with E-state index >= 15 is 0 Å². The summed E-state index contributed by atoms with van der Waals surface area (Å²) in [7, 11) is -1.85. The molecular formula is C14H34OSi2. The molecule has 17 heavy (non-hydrogen) atoms. The van der Waals surface area contributed by atoms with Crippen molar-refractivity contribution in [2.75, 3.05) is 0 Å². The lowest BCUT2D eigenvalue weighted by molar-refractivity contribution is 0.523. The fraction of sp³-hybridized carbons (Fsp3) is 1.00. The second-order valence-corrected chi connectivity index (χ2v) is 12.2. The topological polar surface area (TPSA) is 9.23 Å². The first-order valence-electron chi connectivity index (χ1n) is 7.75. The van der Waals surface area contributed by atoms with Crippen LogP contribution in [0.2, 0.25) is 23.2 Å². The smallest absolute Gasteiger partial charge is 0.165 e. The van der Waals surface area contributed by atoms with Crippen molar-refractivity contribution < 1.29 is 4.12 Å². The summed E-state index contributed by atoms with van der Waals surface area (Å²) in [6.45, 7) is 14.1. The highest BCUT2D eigenvalue weighted by molar-refractivity contribution is 6.67. The van der Waals surface area contributed by atoms with Gasteiger partial charge in [0.1, 0.15) is 0 Å². The third kappa shape index (κ3) is 6.77. The van der Waals surface area contributed by atoms with Crippen LogP contribution in [0.25, 0.3) is 0 Å². The minimum atomic E-state index is -0.926. The lowest BCUT2D eigenvalue weighted by atomic mass is 10.4. The maximum Gasteiger partial charge on any atom is 0.165 e. The Morgan fingerprint density at radius 1 is 0.765 bits per heavy atom. The second kappa shape index (κ2) is 10.3. The Kier molecular flexibility index (Phi) is 10.6. The Morgan fingerprint density at radius 3 is 1.35 bits per heavy atom. The van der Waals surface area contributed by atoms with Crippen LogP contribution in [0.15, 0.2) is 0 Å². The van der Waals surface area contributed by atoms with Gasteiger partial charge in [0, 0.05) is 0 Å². The zero-order valence-electron chi connectivity index (χ0n) is 13.0. The van der Waals surface area contributed by atoms with Gasteiger partial charge in [-0.3, -0.25) is 0 Å². The monoisotopic (exact) mass is 274 g/mol. The van der Waals surface area contributed by atoms with Gasteiger partial charge in [-0.15, -0.1) is 0 Å². The zero-order valence-corrected chi connectivity index (χ0v) is 15.3. The molecule has 0 spiro atoms. The van der Waals surface area contributed by atoms with Crippen LogP contribution < -0.4 is 0 Å². The first-order valence-corrected chi connectivity index (χ1v) is 11.7. The van der Waals surface area contributed by atoms with Gasteiger partial charge in [-0.2, -0.15) is 0 Å². The summed E-state index contributed by atoms with van der Waals surface area (Å²) >= 11 is 0. The number of rotatable bonds is 10. The van der Waals surface area contributed by atoms with E-state index in [4.69, 9.17) is 4.12 Å². The average molecular weight is 275 g/mol. The van der Waals surface area contributed by atoms with E-state index in [2.05, 4.69) is 41.5 Å². The summed E-state index contributed by atoms with van der Waals surface area (Å²) in [5.41, 5.74) is 1.73. The van der Waals surface area contributed by atoms with Crippen LogP contribution >= 0.6 is 0 Å². The Labute approximate surface area is 113 Å². The first-order chi connectivity index (χ1) is 8.10. The molecule has 0 N–H and O–H groups in total. The van der Waals surface area contributed by atoms with Gasteiger partial charge in [0.05, 0.1) is 0 Å². The number of hydrogen-bond donors (Lipinski definition) is 0. The fourth-order valence-corrected chi connectivity index (χ4v) is 10.7. The van der Waals surface area contributed by atoms with Crippen molar-refractivity contribution in [3.8, 4) is 0 Å². The van der Waals surface area contributed by atoms with E-state index in [0.717, 1.165) is 11.1 Å². The molecule has 4 unspecified atom stereocenters. The molecule has 0 aliphatic rings. The van der Waals surface area contributed by atoms with Gasteiger partial charge in [0.25, 0.3) is 0 Å². The quantitative estimate of drug-likeness (QED) is 0.516. The molecule has 0 bridgehead atoms. The predicted octanol–water partition coefficient (Wildman–Crippen LogP) is 4.87. The van der Waals surface area contributed by atoms with Crippen LogP contribution in [0.4, 0.5) is 0 Å². The highest BCUT2D eigenvalue weighted by Crippen LogP contribution is 2.26. The molecule has 104 valence electrons. The molecule has 0 rings (SSSR count). The molecule has 3 heteroatoms. The van der Waals surface area contributed by atoms with Crippen molar-refractivity contribution in [3.63, 3.8) is 0 Å². The van der Waals surface area contributed by atoms with Crippen LogP contribution in [-0.4, -0.2) is 18.1 Å². The molecule has 4 atom stereocenters. The third-order valence-corrected chi connectivity index (χ3v) is 12.6. The maximum absolute atomic E-state index is 6.71. The van der Waals surface area contributed by atoms with Crippen molar-refractivity contribution >= 4 is 18.1 Å². The Bertz CT molecular complexity index is 158. The van der Waals surface area contributed by atoms with E-state index in [1.54, 1.807) is 0 Å². The van der Waals surface area contributed by atoms with Crippen molar-refractivity contribution in [3.05, 3.63) is 0 Å². The largest absolute Gasteiger partial charge is 0.459 e. The summed E-state index contributed by atoms with van der Waals surface area (Å²) in [5, 5.41) is 0. The van der Waals surface area contributed by atoms with E-state index in [1.807, 2.05) is 0 Å². The second-order valence-electron chi connectivity index (χ2n) is 5.56. The van der Waals surface area contributed by atoms with Gasteiger partial charge < -0.3 is 4.12 Å². The van der Waals surface area contributed by atoms with Crippen LogP contribution in [0.5, 0.6) is 0 Å². The van der Waals surface area contributed by atoms with Gasteiger partial charge in [0.2, 0.25) is 0 Å². The number of hydrogen-bond acceptors (Lipinski definition) is 1. The SMILES string of the molecule is CCC[SiH](O[SiH](CCC)C(C)CC)C(C)CC. The molecule has 0 aromatic rings. The van der Waals surface area contributed by atoms with Gasteiger partial charge in [-0.05, 0) is 23.2 Å². The van der Waals surface area contributed by atoms with Crippen LogP contribution in [0.1, 0.15) is 67.2 Å². The van der Waals surface area contributed by atoms with Crippen LogP contribution in [0.3, 0.4) is 0 Å². The van der Waals surface area contributed by atoms with Gasteiger partial charge in [-0.1, -0.05) is 67.2 Å². The summed E-state index contributed by atoms with van der Waals surface area (Å²) < 4.78 is 6.71. The standard InChI is InChI=1S/C14H34OSi2/c1-7-11-16(13(5)9-3)15-17(12-8-2)14(6)10-4/h13-14,16-17H,7-12H2,1-6H3.